The van der Waals surface area contributed by atoms with Crippen molar-refractivity contribution in [1.29, 1.82) is 0 Å². The second-order valence-corrected chi connectivity index (χ2v) is 4.21. The van der Waals surface area contributed by atoms with Crippen LogP contribution < -0.4 is 5.32 Å². The Morgan fingerprint density at radius 3 is 2.40 bits per heavy atom. The van der Waals surface area contributed by atoms with Crippen LogP contribution in [0.4, 0.5) is 14.5 Å². The fourth-order valence-electron chi connectivity index (χ4n) is 1.70. The molecule has 0 unspecified atom stereocenters. The molecule has 3 nitrogen and oxygen atoms in total. The standard InChI is InChI=1S/C15H13F2NO2/c1-20-9-10-2-4-11(5-3-10)15(19)18-12-6-7-13(16)14(17)8-12/h2-8H,9H2,1H3,(H,18,19). The van der Waals surface area contributed by atoms with E-state index in [1.165, 1.54) is 6.07 Å². The second kappa shape index (κ2) is 6.25. The van der Waals surface area contributed by atoms with Crippen LogP contribution in [0.5, 0.6) is 0 Å². The van der Waals surface area contributed by atoms with E-state index < -0.39 is 11.6 Å². The SMILES string of the molecule is COCc1ccc(C(=O)Nc2ccc(F)c(F)c2)cc1. The predicted molar refractivity (Wildman–Crippen MR) is 71.5 cm³/mol. The van der Waals surface area contributed by atoms with Crippen LogP contribution in [-0.4, -0.2) is 13.0 Å². The maximum atomic E-state index is 13.0. The van der Waals surface area contributed by atoms with Crippen LogP contribution in [0.15, 0.2) is 42.5 Å². The van der Waals surface area contributed by atoms with Crippen molar-refractivity contribution in [2.24, 2.45) is 0 Å². The highest BCUT2D eigenvalue weighted by Crippen LogP contribution is 2.14. The van der Waals surface area contributed by atoms with Gasteiger partial charge in [-0.15, -0.1) is 0 Å². The van der Waals surface area contributed by atoms with Crippen molar-refractivity contribution in [3.05, 3.63) is 65.2 Å². The molecule has 0 saturated carbocycles. The lowest BCUT2D eigenvalue weighted by Crippen LogP contribution is -2.12. The molecule has 2 rings (SSSR count). The largest absolute Gasteiger partial charge is 0.380 e. The summed E-state index contributed by atoms with van der Waals surface area (Å²) in [4.78, 5) is 11.9. The van der Waals surface area contributed by atoms with Crippen LogP contribution in [0.3, 0.4) is 0 Å². The van der Waals surface area contributed by atoms with Crippen molar-refractivity contribution >= 4 is 11.6 Å². The highest BCUT2D eigenvalue weighted by Gasteiger charge is 2.08. The van der Waals surface area contributed by atoms with Gasteiger partial charge in [-0.1, -0.05) is 12.1 Å². The highest BCUT2D eigenvalue weighted by atomic mass is 19.2. The molecule has 104 valence electrons. The zero-order valence-corrected chi connectivity index (χ0v) is 10.8. The number of methoxy groups -OCH3 is 1. The zero-order chi connectivity index (χ0) is 14.5. The first-order valence-electron chi connectivity index (χ1n) is 5.94. The van der Waals surface area contributed by atoms with Crippen molar-refractivity contribution in [3.8, 4) is 0 Å². The van der Waals surface area contributed by atoms with Crippen molar-refractivity contribution in [2.45, 2.75) is 6.61 Å². The van der Waals surface area contributed by atoms with E-state index in [-0.39, 0.29) is 11.6 Å². The minimum atomic E-state index is -1.00. The summed E-state index contributed by atoms with van der Waals surface area (Å²) in [6, 6.07) is 10.0. The Balaban J connectivity index is 2.09. The number of nitrogens with one attached hydrogen (secondary N) is 1. The Hall–Kier alpha value is -2.27. The lowest BCUT2D eigenvalue weighted by Gasteiger charge is -2.06. The Labute approximate surface area is 115 Å². The maximum absolute atomic E-state index is 13.0. The molecule has 0 bridgehead atoms. The number of carbonyl (C=O) groups is 1. The molecule has 0 fully saturated rings. The van der Waals surface area contributed by atoms with E-state index in [4.69, 9.17) is 4.74 Å². The first-order valence-corrected chi connectivity index (χ1v) is 5.94. The lowest BCUT2D eigenvalue weighted by atomic mass is 10.1. The Kier molecular flexibility index (Phi) is 4.42. The molecule has 1 amide bonds. The number of halogens is 2. The Morgan fingerprint density at radius 1 is 1.10 bits per heavy atom. The topological polar surface area (TPSA) is 38.3 Å². The summed E-state index contributed by atoms with van der Waals surface area (Å²) < 4.78 is 30.8. The molecule has 0 atom stereocenters. The summed E-state index contributed by atoms with van der Waals surface area (Å²) in [6.45, 7) is 0.463. The lowest BCUT2D eigenvalue weighted by molar-refractivity contribution is 0.102. The number of rotatable bonds is 4. The van der Waals surface area contributed by atoms with Crippen LogP contribution in [0.1, 0.15) is 15.9 Å². The van der Waals surface area contributed by atoms with Gasteiger partial charge in [0.05, 0.1) is 6.61 Å². The molecular weight excluding hydrogens is 264 g/mol. The van der Waals surface area contributed by atoms with Crippen LogP contribution in [0.2, 0.25) is 0 Å². The Bertz CT molecular complexity index is 612. The van der Waals surface area contributed by atoms with Gasteiger partial charge in [-0.3, -0.25) is 4.79 Å². The van der Waals surface area contributed by atoms with Crippen molar-refractivity contribution < 1.29 is 18.3 Å². The summed E-state index contributed by atoms with van der Waals surface area (Å²) >= 11 is 0. The van der Waals surface area contributed by atoms with Crippen LogP contribution in [-0.2, 0) is 11.3 Å². The van der Waals surface area contributed by atoms with Crippen LogP contribution in [0, 0.1) is 11.6 Å². The molecule has 0 heterocycles. The number of ether oxygens (including phenoxy) is 1. The van der Waals surface area contributed by atoms with Crippen molar-refractivity contribution in [2.75, 3.05) is 12.4 Å². The molecule has 0 spiro atoms. The molecule has 2 aromatic carbocycles. The highest BCUT2D eigenvalue weighted by molar-refractivity contribution is 6.04. The van der Waals surface area contributed by atoms with Gasteiger partial charge in [-0.2, -0.15) is 0 Å². The number of benzene rings is 2. The fraction of sp³-hybridized carbons (Fsp3) is 0.133. The first-order chi connectivity index (χ1) is 9.60. The molecule has 0 aliphatic rings. The molecule has 0 aliphatic heterocycles. The van der Waals surface area contributed by atoms with Gasteiger partial charge in [0, 0.05) is 24.4 Å². The maximum Gasteiger partial charge on any atom is 0.255 e. The average molecular weight is 277 g/mol. The number of amides is 1. The number of hydrogen-bond donors (Lipinski definition) is 1. The monoisotopic (exact) mass is 277 g/mol. The predicted octanol–water partition coefficient (Wildman–Crippen LogP) is 3.36. The third kappa shape index (κ3) is 3.39. The quantitative estimate of drug-likeness (QED) is 0.930. The zero-order valence-electron chi connectivity index (χ0n) is 10.8. The van der Waals surface area contributed by atoms with Gasteiger partial charge >= 0.3 is 0 Å². The minimum absolute atomic E-state index is 0.204. The summed E-state index contributed by atoms with van der Waals surface area (Å²) in [7, 11) is 1.59. The summed E-state index contributed by atoms with van der Waals surface area (Å²) in [5.74, 6) is -2.34. The van der Waals surface area contributed by atoms with Gasteiger partial charge in [-0.05, 0) is 29.8 Å². The van der Waals surface area contributed by atoms with Crippen LogP contribution >= 0.6 is 0 Å². The van der Waals surface area contributed by atoms with Gasteiger partial charge in [0.25, 0.3) is 5.91 Å². The van der Waals surface area contributed by atoms with E-state index in [9.17, 15) is 13.6 Å². The van der Waals surface area contributed by atoms with E-state index >= 15 is 0 Å². The van der Waals surface area contributed by atoms with E-state index in [0.717, 1.165) is 17.7 Å². The van der Waals surface area contributed by atoms with Gasteiger partial charge in [-0.25, -0.2) is 8.78 Å². The van der Waals surface area contributed by atoms with Gasteiger partial charge in [0.2, 0.25) is 0 Å². The summed E-state index contributed by atoms with van der Waals surface area (Å²) in [5.41, 5.74) is 1.57. The number of carbonyl (C=O) groups excluding carboxylic acids is 1. The molecule has 0 aromatic heterocycles. The van der Waals surface area contributed by atoms with Crippen LogP contribution in [0.25, 0.3) is 0 Å². The van der Waals surface area contributed by atoms with Crippen molar-refractivity contribution in [3.63, 3.8) is 0 Å². The molecule has 0 saturated heterocycles. The molecule has 0 aliphatic carbocycles. The molecule has 5 heteroatoms. The Morgan fingerprint density at radius 2 is 1.80 bits per heavy atom. The first kappa shape index (κ1) is 14.1. The van der Waals surface area contributed by atoms with E-state index in [1.807, 2.05) is 0 Å². The van der Waals surface area contributed by atoms with E-state index in [0.29, 0.717) is 12.2 Å². The summed E-state index contributed by atoms with van der Waals surface area (Å²) in [6.07, 6.45) is 0. The fourth-order valence-corrected chi connectivity index (χ4v) is 1.70. The van der Waals surface area contributed by atoms with E-state index in [2.05, 4.69) is 5.32 Å². The summed E-state index contributed by atoms with van der Waals surface area (Å²) in [5, 5.41) is 2.50. The smallest absolute Gasteiger partial charge is 0.255 e. The normalized spacial score (nSPS) is 10.3. The van der Waals surface area contributed by atoms with E-state index in [1.54, 1.807) is 31.4 Å². The minimum Gasteiger partial charge on any atom is -0.380 e. The average Bonchev–Trinajstić information content (AvgIpc) is 2.44. The number of anilines is 1. The second-order valence-electron chi connectivity index (χ2n) is 4.21. The van der Waals surface area contributed by atoms with Crippen molar-refractivity contribution in [1.82, 2.24) is 0 Å². The van der Waals surface area contributed by atoms with Gasteiger partial charge in [0.1, 0.15) is 0 Å². The molecular formula is C15H13F2NO2. The molecule has 1 N–H and O–H groups in total. The van der Waals surface area contributed by atoms with Gasteiger partial charge < -0.3 is 10.1 Å². The third-order valence-corrected chi connectivity index (χ3v) is 2.70. The molecule has 20 heavy (non-hydrogen) atoms. The third-order valence-electron chi connectivity index (χ3n) is 2.70. The number of hydrogen-bond acceptors (Lipinski definition) is 2. The van der Waals surface area contributed by atoms with Gasteiger partial charge in [0.15, 0.2) is 11.6 Å². The molecule has 2 aromatic rings. The molecule has 0 radical (unpaired) electrons.